The van der Waals surface area contributed by atoms with Gasteiger partial charge in [0.05, 0.1) is 5.92 Å². The molecule has 0 saturated carbocycles. The number of hydrogen-bond acceptors (Lipinski definition) is 3. The van der Waals surface area contributed by atoms with Gasteiger partial charge in [-0.1, -0.05) is 12.1 Å². The third-order valence-corrected chi connectivity index (χ3v) is 4.88. The number of carbonyl (C=O) groups is 3. The number of carboxylic acid groups (broad SMARTS) is 1. The molecule has 0 spiro atoms. The van der Waals surface area contributed by atoms with E-state index in [0.717, 1.165) is 18.5 Å². The number of amides is 2. The van der Waals surface area contributed by atoms with Crippen molar-refractivity contribution in [3.8, 4) is 0 Å². The topological polar surface area (TPSA) is 77.9 Å². The number of benzene rings is 1. The third kappa shape index (κ3) is 3.58. The van der Waals surface area contributed by atoms with Gasteiger partial charge in [-0.05, 0) is 37.0 Å². The largest absolute Gasteiger partial charge is 0.481 e. The summed E-state index contributed by atoms with van der Waals surface area (Å²) < 4.78 is 0. The Bertz CT molecular complexity index is 633. The monoisotopic (exact) mass is 330 g/mol. The molecule has 0 bridgehead atoms. The normalized spacial score (nSPS) is 18.9. The first-order chi connectivity index (χ1) is 11.5. The van der Waals surface area contributed by atoms with Gasteiger partial charge < -0.3 is 14.9 Å². The van der Waals surface area contributed by atoms with Crippen molar-refractivity contribution >= 4 is 17.8 Å². The van der Waals surface area contributed by atoms with Crippen molar-refractivity contribution in [2.24, 2.45) is 5.92 Å². The zero-order chi connectivity index (χ0) is 17.1. The molecule has 0 atom stereocenters. The van der Waals surface area contributed by atoms with E-state index >= 15 is 0 Å². The molecular formula is C18H22N2O4. The second-order valence-corrected chi connectivity index (χ2v) is 6.52. The van der Waals surface area contributed by atoms with E-state index in [0.29, 0.717) is 44.5 Å². The molecule has 0 radical (unpaired) electrons. The molecule has 1 aromatic carbocycles. The van der Waals surface area contributed by atoms with Crippen LogP contribution in [0.3, 0.4) is 0 Å². The molecular weight excluding hydrogens is 308 g/mol. The molecule has 1 N–H and O–H groups in total. The van der Waals surface area contributed by atoms with Crippen LogP contribution in [0.25, 0.3) is 0 Å². The van der Waals surface area contributed by atoms with Crippen molar-refractivity contribution in [3.05, 3.63) is 35.4 Å². The van der Waals surface area contributed by atoms with Crippen LogP contribution in [-0.4, -0.2) is 52.3 Å². The number of piperidine rings is 1. The minimum Gasteiger partial charge on any atom is -0.481 e. The first-order valence-corrected chi connectivity index (χ1v) is 8.43. The second-order valence-electron chi connectivity index (χ2n) is 6.52. The van der Waals surface area contributed by atoms with E-state index < -0.39 is 5.97 Å². The molecule has 0 aliphatic carbocycles. The summed E-state index contributed by atoms with van der Waals surface area (Å²) in [6.45, 7) is 2.37. The van der Waals surface area contributed by atoms with Crippen molar-refractivity contribution in [3.63, 3.8) is 0 Å². The van der Waals surface area contributed by atoms with Gasteiger partial charge in [-0.15, -0.1) is 0 Å². The lowest BCUT2D eigenvalue weighted by atomic mass is 9.96. The molecule has 6 heteroatoms. The minimum absolute atomic E-state index is 0.0531. The lowest BCUT2D eigenvalue weighted by Crippen LogP contribution is -2.40. The standard InChI is InChI=1S/C18H22N2O4/c21-16-2-1-9-20(16)12-13-3-5-14(6-4-13)17(22)19-10-7-15(8-11-19)18(23)24/h3-6,15H,1-2,7-12H2,(H,23,24). The first kappa shape index (κ1) is 16.5. The molecule has 2 fully saturated rings. The van der Waals surface area contributed by atoms with Gasteiger partial charge in [-0.2, -0.15) is 0 Å². The number of aliphatic carboxylic acids is 1. The Balaban J connectivity index is 1.58. The smallest absolute Gasteiger partial charge is 0.306 e. The maximum Gasteiger partial charge on any atom is 0.306 e. The van der Waals surface area contributed by atoms with Crippen LogP contribution in [-0.2, 0) is 16.1 Å². The molecule has 24 heavy (non-hydrogen) atoms. The molecule has 3 rings (SSSR count). The number of nitrogens with zero attached hydrogens (tertiary/aromatic N) is 2. The number of carboxylic acids is 1. The van der Waals surface area contributed by atoms with Gasteiger partial charge in [0.2, 0.25) is 5.91 Å². The Morgan fingerprint density at radius 3 is 2.29 bits per heavy atom. The molecule has 2 aliphatic heterocycles. The quantitative estimate of drug-likeness (QED) is 0.912. The van der Waals surface area contributed by atoms with E-state index in [2.05, 4.69) is 0 Å². The van der Waals surface area contributed by atoms with E-state index in [1.807, 2.05) is 17.0 Å². The Morgan fingerprint density at radius 2 is 1.75 bits per heavy atom. The molecule has 0 aromatic heterocycles. The van der Waals surface area contributed by atoms with Crippen molar-refractivity contribution in [2.75, 3.05) is 19.6 Å². The Morgan fingerprint density at radius 1 is 1.08 bits per heavy atom. The molecule has 2 aliphatic rings. The van der Waals surface area contributed by atoms with Crippen LogP contribution in [0.15, 0.2) is 24.3 Å². The number of carbonyl (C=O) groups excluding carboxylic acids is 2. The summed E-state index contributed by atoms with van der Waals surface area (Å²) in [5, 5.41) is 9.01. The highest BCUT2D eigenvalue weighted by atomic mass is 16.4. The van der Waals surface area contributed by atoms with E-state index in [1.54, 1.807) is 17.0 Å². The third-order valence-electron chi connectivity index (χ3n) is 4.88. The summed E-state index contributed by atoms with van der Waals surface area (Å²) in [6, 6.07) is 7.37. The fraction of sp³-hybridized carbons (Fsp3) is 0.500. The highest BCUT2D eigenvalue weighted by Crippen LogP contribution is 2.20. The lowest BCUT2D eigenvalue weighted by molar-refractivity contribution is -0.143. The second kappa shape index (κ2) is 7.03. The minimum atomic E-state index is -0.775. The van der Waals surface area contributed by atoms with Gasteiger partial charge in [0.15, 0.2) is 0 Å². The van der Waals surface area contributed by atoms with E-state index in [9.17, 15) is 14.4 Å². The van der Waals surface area contributed by atoms with Crippen LogP contribution in [0.2, 0.25) is 0 Å². The van der Waals surface area contributed by atoms with Gasteiger partial charge in [0.1, 0.15) is 0 Å². The maximum absolute atomic E-state index is 12.5. The molecule has 2 heterocycles. The number of likely N-dealkylation sites (tertiary alicyclic amines) is 2. The fourth-order valence-electron chi connectivity index (χ4n) is 3.36. The van der Waals surface area contributed by atoms with E-state index in [1.165, 1.54) is 0 Å². The van der Waals surface area contributed by atoms with Crippen LogP contribution in [0.1, 0.15) is 41.6 Å². The van der Waals surface area contributed by atoms with Gasteiger partial charge in [-0.25, -0.2) is 0 Å². The molecule has 6 nitrogen and oxygen atoms in total. The van der Waals surface area contributed by atoms with Crippen LogP contribution in [0.5, 0.6) is 0 Å². The summed E-state index contributed by atoms with van der Waals surface area (Å²) in [4.78, 5) is 38.7. The number of rotatable bonds is 4. The predicted molar refractivity (Wildman–Crippen MR) is 87.4 cm³/mol. The zero-order valence-electron chi connectivity index (χ0n) is 13.6. The highest BCUT2D eigenvalue weighted by molar-refractivity contribution is 5.94. The Labute approximate surface area is 141 Å². The molecule has 2 amide bonds. The Kier molecular flexibility index (Phi) is 4.83. The van der Waals surface area contributed by atoms with Crippen LogP contribution >= 0.6 is 0 Å². The summed E-state index contributed by atoms with van der Waals surface area (Å²) >= 11 is 0. The van der Waals surface area contributed by atoms with Crippen molar-refractivity contribution in [1.29, 1.82) is 0 Å². The highest BCUT2D eigenvalue weighted by Gasteiger charge is 2.27. The average molecular weight is 330 g/mol. The van der Waals surface area contributed by atoms with Crippen LogP contribution in [0, 0.1) is 5.92 Å². The predicted octanol–water partition coefficient (Wildman–Crippen LogP) is 1.75. The van der Waals surface area contributed by atoms with Crippen LogP contribution in [0.4, 0.5) is 0 Å². The summed E-state index contributed by atoms with van der Waals surface area (Å²) in [5.41, 5.74) is 1.63. The van der Waals surface area contributed by atoms with Gasteiger partial charge >= 0.3 is 5.97 Å². The molecule has 2 saturated heterocycles. The average Bonchev–Trinajstić information content (AvgIpc) is 3.00. The van der Waals surface area contributed by atoms with Crippen molar-refractivity contribution in [1.82, 2.24) is 9.80 Å². The van der Waals surface area contributed by atoms with Crippen molar-refractivity contribution in [2.45, 2.75) is 32.2 Å². The Hall–Kier alpha value is -2.37. The van der Waals surface area contributed by atoms with Gasteiger partial charge in [-0.3, -0.25) is 14.4 Å². The molecule has 0 unspecified atom stereocenters. The van der Waals surface area contributed by atoms with Gasteiger partial charge in [0, 0.05) is 38.2 Å². The fourth-order valence-corrected chi connectivity index (χ4v) is 3.36. The number of hydrogen-bond donors (Lipinski definition) is 1. The lowest BCUT2D eigenvalue weighted by Gasteiger charge is -2.30. The van der Waals surface area contributed by atoms with E-state index in [4.69, 9.17) is 5.11 Å². The van der Waals surface area contributed by atoms with Gasteiger partial charge in [0.25, 0.3) is 5.91 Å². The molecule has 128 valence electrons. The first-order valence-electron chi connectivity index (χ1n) is 8.43. The van der Waals surface area contributed by atoms with Crippen molar-refractivity contribution < 1.29 is 19.5 Å². The molecule has 1 aromatic rings. The maximum atomic E-state index is 12.5. The van der Waals surface area contributed by atoms with Crippen LogP contribution < -0.4 is 0 Å². The SMILES string of the molecule is O=C(O)C1CCN(C(=O)c2ccc(CN3CCCC3=O)cc2)CC1. The summed E-state index contributed by atoms with van der Waals surface area (Å²) in [6.07, 6.45) is 2.57. The van der Waals surface area contributed by atoms with E-state index in [-0.39, 0.29) is 17.7 Å². The summed E-state index contributed by atoms with van der Waals surface area (Å²) in [5.74, 6) is -0.976. The summed E-state index contributed by atoms with van der Waals surface area (Å²) in [7, 11) is 0. The zero-order valence-corrected chi connectivity index (χ0v) is 13.6.